The molecule has 0 unspecified atom stereocenters. The van der Waals surface area contributed by atoms with Gasteiger partial charge in [-0.25, -0.2) is 0 Å². The van der Waals surface area contributed by atoms with Crippen molar-refractivity contribution in [3.63, 3.8) is 0 Å². The summed E-state index contributed by atoms with van der Waals surface area (Å²) in [6.45, 7) is 5.92. The smallest absolute Gasteiger partial charge is 0.0925 e. The zero-order valence-corrected chi connectivity index (χ0v) is 6.45. The third-order valence-electron chi connectivity index (χ3n) is 0.697. The topological polar surface area (TPSA) is 24.4 Å². The quantitative estimate of drug-likeness (QED) is 0.378. The minimum absolute atomic E-state index is 0. The molecule has 0 aromatic carbocycles. The maximum absolute atomic E-state index is 3.81. The van der Waals surface area contributed by atoms with Gasteiger partial charge in [-0.05, 0) is 6.92 Å². The van der Waals surface area contributed by atoms with Crippen LogP contribution in [0.4, 0.5) is 0 Å². The fourth-order valence-electron chi connectivity index (χ4n) is 0.112. The van der Waals surface area contributed by atoms with Gasteiger partial charge < -0.3 is 5.32 Å². The van der Waals surface area contributed by atoms with Crippen LogP contribution in [0.5, 0.6) is 0 Å². The van der Waals surface area contributed by atoms with Gasteiger partial charge >= 0.3 is 0 Å². The van der Waals surface area contributed by atoms with Crippen molar-refractivity contribution in [2.45, 2.75) is 20.8 Å². The molecule has 8 heavy (non-hydrogen) atoms. The largest absolute Gasteiger partial charge is 0.377 e. The Balaban J connectivity index is -0.000000109. The first-order chi connectivity index (χ1) is 3.81. The van der Waals surface area contributed by atoms with E-state index in [1.807, 2.05) is 27.8 Å². The van der Waals surface area contributed by atoms with Gasteiger partial charge in [0.05, 0.1) is 5.84 Å². The van der Waals surface area contributed by atoms with Gasteiger partial charge in [-0.2, -0.15) is 0 Å². The lowest BCUT2D eigenvalue weighted by Crippen LogP contribution is -2.12. The highest BCUT2D eigenvalue weighted by atomic mass is 14.9. The van der Waals surface area contributed by atoms with Gasteiger partial charge in [0.1, 0.15) is 0 Å². The zero-order valence-electron chi connectivity index (χ0n) is 6.45. The van der Waals surface area contributed by atoms with E-state index >= 15 is 0 Å². The molecule has 0 amide bonds. The van der Waals surface area contributed by atoms with Crippen LogP contribution in [0.1, 0.15) is 22.2 Å². The van der Waals surface area contributed by atoms with E-state index in [1.54, 1.807) is 7.05 Å². The van der Waals surface area contributed by atoms with Crippen molar-refractivity contribution >= 4 is 5.84 Å². The van der Waals surface area contributed by atoms with E-state index in [0.29, 0.717) is 0 Å². The first-order valence-corrected chi connectivity index (χ1v) is 2.92. The van der Waals surface area contributed by atoms with E-state index in [4.69, 9.17) is 0 Å². The summed E-state index contributed by atoms with van der Waals surface area (Å²) in [6, 6.07) is 0. The third kappa shape index (κ3) is 9.08. The molecule has 0 radical (unpaired) electrons. The van der Waals surface area contributed by atoms with Crippen LogP contribution < -0.4 is 5.32 Å². The summed E-state index contributed by atoms with van der Waals surface area (Å²) in [5, 5.41) is 2.86. The molecule has 2 heteroatoms. The van der Waals surface area contributed by atoms with E-state index in [1.165, 1.54) is 0 Å². The first-order valence-electron chi connectivity index (χ1n) is 2.92. The van der Waals surface area contributed by atoms with Gasteiger partial charge in [0.15, 0.2) is 0 Å². The molecule has 0 atom stereocenters. The van der Waals surface area contributed by atoms with E-state index in [0.717, 1.165) is 5.84 Å². The highest BCUT2D eigenvalue weighted by molar-refractivity contribution is 5.78. The van der Waals surface area contributed by atoms with E-state index in [-0.39, 0.29) is 1.43 Å². The van der Waals surface area contributed by atoms with Gasteiger partial charge in [0.25, 0.3) is 0 Å². The lowest BCUT2D eigenvalue weighted by atomic mass is 10.7. The molecule has 0 aliphatic heterocycles. The molecule has 52 valence electrons. The summed E-state index contributed by atoms with van der Waals surface area (Å²) >= 11 is 0. The predicted molar refractivity (Wildman–Crippen MR) is 41.6 cm³/mol. The first kappa shape index (κ1) is 10.5. The van der Waals surface area contributed by atoms with Crippen molar-refractivity contribution in [1.82, 2.24) is 5.32 Å². The van der Waals surface area contributed by atoms with Crippen molar-refractivity contribution in [1.29, 1.82) is 0 Å². The Hall–Kier alpha value is -0.530. The highest BCUT2D eigenvalue weighted by Gasteiger charge is 1.71. The van der Waals surface area contributed by atoms with Crippen molar-refractivity contribution in [3.05, 3.63) is 0 Å². The molecule has 0 aromatic heterocycles. The van der Waals surface area contributed by atoms with Crippen molar-refractivity contribution < 1.29 is 1.43 Å². The normalized spacial score (nSPS) is 9.38. The molecule has 0 fully saturated rings. The van der Waals surface area contributed by atoms with E-state index in [2.05, 4.69) is 10.3 Å². The van der Waals surface area contributed by atoms with Gasteiger partial charge in [0.2, 0.25) is 0 Å². The average molecular weight is 118 g/mol. The molecule has 0 spiro atoms. The number of nitrogens with zero attached hydrogens (tertiary/aromatic N) is 1. The Morgan fingerprint density at radius 1 is 1.50 bits per heavy atom. The van der Waals surface area contributed by atoms with Crippen LogP contribution in [-0.2, 0) is 0 Å². The molecule has 0 aliphatic rings. The zero-order chi connectivity index (χ0) is 6.99. The summed E-state index contributed by atoms with van der Waals surface area (Å²) in [6.07, 6.45) is 0. The molecule has 0 heterocycles. The molecule has 0 aromatic rings. The summed E-state index contributed by atoms with van der Waals surface area (Å²) in [4.78, 5) is 3.81. The van der Waals surface area contributed by atoms with Crippen LogP contribution in [0, 0.1) is 0 Å². The van der Waals surface area contributed by atoms with Crippen molar-refractivity contribution in [3.8, 4) is 0 Å². The Morgan fingerprint density at radius 3 is 1.88 bits per heavy atom. The minimum Gasteiger partial charge on any atom is -0.377 e. The Bertz CT molecular complexity index is 62.1. The highest BCUT2D eigenvalue weighted by Crippen LogP contribution is 1.59. The van der Waals surface area contributed by atoms with Crippen LogP contribution in [-0.4, -0.2) is 19.9 Å². The fourth-order valence-corrected chi connectivity index (χ4v) is 0.112. The predicted octanol–water partition coefficient (Wildman–Crippen LogP) is 1.53. The summed E-state index contributed by atoms with van der Waals surface area (Å²) in [7, 11) is 3.61. The monoisotopic (exact) mass is 118 g/mol. The maximum Gasteiger partial charge on any atom is 0.0925 e. The molecule has 0 saturated heterocycles. The molecule has 0 saturated carbocycles. The maximum atomic E-state index is 3.81. The Labute approximate surface area is 53.5 Å². The van der Waals surface area contributed by atoms with Crippen LogP contribution >= 0.6 is 0 Å². The van der Waals surface area contributed by atoms with Crippen molar-refractivity contribution in [2.75, 3.05) is 14.1 Å². The Kier molecular flexibility index (Phi) is 12.7. The number of nitrogens with one attached hydrogen (secondary N) is 1. The molecule has 2 nitrogen and oxygen atoms in total. The number of hydrogen-bond acceptors (Lipinski definition) is 1. The molecule has 1 N–H and O–H groups in total. The Morgan fingerprint density at radius 2 is 1.88 bits per heavy atom. The summed E-state index contributed by atoms with van der Waals surface area (Å²) in [5.74, 6) is 0.968. The average Bonchev–Trinajstić information content (AvgIpc) is 1.91. The van der Waals surface area contributed by atoms with Crippen LogP contribution in [0.15, 0.2) is 4.99 Å². The van der Waals surface area contributed by atoms with Gasteiger partial charge in [0, 0.05) is 15.5 Å². The second-order valence-corrected chi connectivity index (χ2v) is 1.06. The number of aliphatic imine (C=N–C) groups is 1. The van der Waals surface area contributed by atoms with Gasteiger partial charge in [-0.3, -0.25) is 4.99 Å². The summed E-state index contributed by atoms with van der Waals surface area (Å²) < 4.78 is 0. The standard InChI is InChI=1S/C4H10N2.C2H6.H2/c1-4(5-2)6-3;1-2;/h1-3H3,(H,5,6);1-2H3;1H. The third-order valence-corrected chi connectivity index (χ3v) is 0.697. The van der Waals surface area contributed by atoms with Crippen molar-refractivity contribution in [2.24, 2.45) is 4.99 Å². The van der Waals surface area contributed by atoms with Crippen LogP contribution in [0.2, 0.25) is 0 Å². The van der Waals surface area contributed by atoms with E-state index in [9.17, 15) is 0 Å². The SMILES string of the molecule is CC.CN=C(C)NC.[HH]. The summed E-state index contributed by atoms with van der Waals surface area (Å²) in [5.41, 5.74) is 0. The van der Waals surface area contributed by atoms with Gasteiger partial charge in [-0.15, -0.1) is 0 Å². The minimum atomic E-state index is 0. The second-order valence-electron chi connectivity index (χ2n) is 1.06. The fraction of sp³-hybridized carbons (Fsp3) is 0.833. The lowest BCUT2D eigenvalue weighted by Gasteiger charge is -1.90. The second kappa shape index (κ2) is 9.69. The van der Waals surface area contributed by atoms with Crippen LogP contribution in [0.3, 0.4) is 0 Å². The molecule has 0 bridgehead atoms. The molecule has 0 rings (SSSR count). The lowest BCUT2D eigenvalue weighted by molar-refractivity contribution is 1.14. The van der Waals surface area contributed by atoms with E-state index < -0.39 is 0 Å². The van der Waals surface area contributed by atoms with Gasteiger partial charge in [-0.1, -0.05) is 13.8 Å². The number of rotatable bonds is 0. The van der Waals surface area contributed by atoms with Crippen LogP contribution in [0.25, 0.3) is 0 Å². The number of amidine groups is 1. The molecular weight excluding hydrogens is 100 g/mol. The molecule has 0 aliphatic carbocycles. The number of hydrogen-bond donors (Lipinski definition) is 1. The molecular formula is C6H18N2.